The lowest BCUT2D eigenvalue weighted by Gasteiger charge is -2.37. The number of rotatable bonds is 4. The number of anilines is 1. The molecule has 1 unspecified atom stereocenters. The van der Waals surface area contributed by atoms with Crippen LogP contribution in [0.3, 0.4) is 0 Å². The summed E-state index contributed by atoms with van der Waals surface area (Å²) in [4.78, 5) is 13.7. The van der Waals surface area contributed by atoms with Crippen molar-refractivity contribution in [3.63, 3.8) is 0 Å². The van der Waals surface area contributed by atoms with E-state index < -0.39 is 0 Å². The number of hydrogen-bond donors (Lipinski definition) is 1. The Kier molecular flexibility index (Phi) is 4.37. The maximum Gasteiger partial charge on any atom is 0.159 e. The fraction of sp³-hybridized carbons (Fsp3) is 0.533. The quantitative estimate of drug-likeness (QED) is 0.831. The highest BCUT2D eigenvalue weighted by molar-refractivity contribution is 5.94. The molecule has 2 N–H and O–H groups in total. The van der Waals surface area contributed by atoms with Gasteiger partial charge < -0.3 is 10.6 Å². The van der Waals surface area contributed by atoms with E-state index in [0.29, 0.717) is 6.04 Å². The van der Waals surface area contributed by atoms with Crippen LogP contribution in [0.4, 0.5) is 5.69 Å². The van der Waals surface area contributed by atoms with Gasteiger partial charge in [-0.25, -0.2) is 0 Å². The summed E-state index contributed by atoms with van der Waals surface area (Å²) in [7, 11) is 0. The van der Waals surface area contributed by atoms with E-state index in [1.165, 1.54) is 24.9 Å². The zero-order valence-corrected chi connectivity index (χ0v) is 11.1. The van der Waals surface area contributed by atoms with Gasteiger partial charge in [0.2, 0.25) is 0 Å². The van der Waals surface area contributed by atoms with E-state index in [4.69, 9.17) is 5.73 Å². The van der Waals surface area contributed by atoms with E-state index in [2.05, 4.69) is 17.0 Å². The molecule has 1 aliphatic rings. The molecule has 0 amide bonds. The number of ketones is 1. The molecule has 3 heteroatoms. The van der Waals surface area contributed by atoms with Crippen LogP contribution in [0.1, 0.15) is 43.0 Å². The van der Waals surface area contributed by atoms with Gasteiger partial charge in [0.05, 0.1) is 0 Å². The van der Waals surface area contributed by atoms with Crippen molar-refractivity contribution in [1.82, 2.24) is 0 Å². The minimum atomic E-state index is 0.124. The van der Waals surface area contributed by atoms with Crippen molar-refractivity contribution < 1.29 is 4.79 Å². The summed E-state index contributed by atoms with van der Waals surface area (Å²) in [5.41, 5.74) is 7.70. The number of hydrogen-bond acceptors (Lipinski definition) is 3. The molecule has 0 aromatic heterocycles. The van der Waals surface area contributed by atoms with E-state index in [9.17, 15) is 4.79 Å². The number of benzene rings is 1. The van der Waals surface area contributed by atoms with E-state index in [0.717, 1.165) is 25.1 Å². The summed E-state index contributed by atoms with van der Waals surface area (Å²) >= 11 is 0. The van der Waals surface area contributed by atoms with Gasteiger partial charge in [-0.05, 0) is 63.4 Å². The summed E-state index contributed by atoms with van der Waals surface area (Å²) < 4.78 is 0. The standard InChI is InChI=1S/C15H22N2O/c1-12(18)13-5-7-15(8-6-13)17-11-3-2-4-14(17)9-10-16/h5-8,14H,2-4,9-11,16H2,1H3. The largest absolute Gasteiger partial charge is 0.369 e. The van der Waals surface area contributed by atoms with Crippen LogP contribution < -0.4 is 10.6 Å². The molecule has 1 fully saturated rings. The van der Waals surface area contributed by atoms with E-state index in [1.54, 1.807) is 6.92 Å². The molecule has 1 aromatic rings. The topological polar surface area (TPSA) is 46.3 Å². The first-order valence-corrected chi connectivity index (χ1v) is 6.80. The highest BCUT2D eigenvalue weighted by Gasteiger charge is 2.21. The average molecular weight is 246 g/mol. The fourth-order valence-electron chi connectivity index (χ4n) is 2.72. The third-order valence-electron chi connectivity index (χ3n) is 3.73. The smallest absolute Gasteiger partial charge is 0.159 e. The lowest BCUT2D eigenvalue weighted by atomic mass is 9.98. The van der Waals surface area contributed by atoms with Crippen LogP contribution in [0.5, 0.6) is 0 Å². The molecule has 1 atom stereocenters. The van der Waals surface area contributed by atoms with E-state index >= 15 is 0 Å². The second-order valence-electron chi connectivity index (χ2n) is 5.02. The first kappa shape index (κ1) is 13.1. The molecule has 0 radical (unpaired) electrons. The number of Topliss-reactive ketones (excluding diaryl/α,β-unsaturated/α-hetero) is 1. The summed E-state index contributed by atoms with van der Waals surface area (Å²) in [5.74, 6) is 0.124. The summed E-state index contributed by atoms with van der Waals surface area (Å²) in [6.07, 6.45) is 4.82. The van der Waals surface area contributed by atoms with Crippen LogP contribution in [-0.4, -0.2) is 24.9 Å². The van der Waals surface area contributed by atoms with Gasteiger partial charge in [0.25, 0.3) is 0 Å². The molecule has 0 aliphatic carbocycles. The Morgan fingerprint density at radius 3 is 2.67 bits per heavy atom. The Hall–Kier alpha value is -1.35. The SMILES string of the molecule is CC(=O)c1ccc(N2CCCCC2CCN)cc1. The molecule has 18 heavy (non-hydrogen) atoms. The monoisotopic (exact) mass is 246 g/mol. The minimum absolute atomic E-state index is 0.124. The van der Waals surface area contributed by atoms with Crippen molar-refractivity contribution in [3.8, 4) is 0 Å². The molecular weight excluding hydrogens is 224 g/mol. The van der Waals surface area contributed by atoms with Gasteiger partial charge in [-0.1, -0.05) is 0 Å². The summed E-state index contributed by atoms with van der Waals surface area (Å²) in [6, 6.07) is 8.53. The van der Waals surface area contributed by atoms with Gasteiger partial charge in [-0.15, -0.1) is 0 Å². The molecular formula is C15H22N2O. The molecule has 0 saturated carbocycles. The highest BCUT2D eigenvalue weighted by Crippen LogP contribution is 2.26. The molecule has 98 valence electrons. The van der Waals surface area contributed by atoms with Gasteiger partial charge in [-0.2, -0.15) is 0 Å². The molecule has 1 aromatic carbocycles. The van der Waals surface area contributed by atoms with E-state index in [1.807, 2.05) is 12.1 Å². The van der Waals surface area contributed by atoms with Crippen LogP contribution in [0, 0.1) is 0 Å². The molecule has 1 heterocycles. The number of nitrogens with two attached hydrogens (primary N) is 1. The number of piperidine rings is 1. The third kappa shape index (κ3) is 2.91. The Balaban J connectivity index is 2.15. The molecule has 0 spiro atoms. The minimum Gasteiger partial charge on any atom is -0.369 e. The van der Waals surface area contributed by atoms with Crippen molar-refractivity contribution in [2.24, 2.45) is 5.73 Å². The maximum absolute atomic E-state index is 11.3. The van der Waals surface area contributed by atoms with Crippen LogP contribution in [0.2, 0.25) is 0 Å². The average Bonchev–Trinajstić information content (AvgIpc) is 2.40. The van der Waals surface area contributed by atoms with Crippen molar-refractivity contribution >= 4 is 11.5 Å². The lowest BCUT2D eigenvalue weighted by molar-refractivity contribution is 0.101. The summed E-state index contributed by atoms with van der Waals surface area (Å²) in [6.45, 7) is 3.45. The predicted octanol–water partition coefficient (Wildman–Crippen LogP) is 2.60. The first-order valence-electron chi connectivity index (χ1n) is 6.80. The summed E-state index contributed by atoms with van der Waals surface area (Å²) in [5, 5.41) is 0. The van der Waals surface area contributed by atoms with Gasteiger partial charge in [0.1, 0.15) is 0 Å². The zero-order valence-electron chi connectivity index (χ0n) is 11.1. The molecule has 0 bridgehead atoms. The predicted molar refractivity (Wildman–Crippen MR) is 75.1 cm³/mol. The first-order chi connectivity index (χ1) is 8.72. The van der Waals surface area contributed by atoms with Gasteiger partial charge in [-0.3, -0.25) is 4.79 Å². The van der Waals surface area contributed by atoms with Crippen molar-refractivity contribution in [3.05, 3.63) is 29.8 Å². The second-order valence-corrected chi connectivity index (χ2v) is 5.02. The van der Waals surface area contributed by atoms with Crippen molar-refractivity contribution in [1.29, 1.82) is 0 Å². The van der Waals surface area contributed by atoms with Crippen LogP contribution in [0.25, 0.3) is 0 Å². The second kappa shape index (κ2) is 6.01. The Morgan fingerprint density at radius 1 is 1.33 bits per heavy atom. The molecule has 3 nitrogen and oxygen atoms in total. The van der Waals surface area contributed by atoms with Crippen LogP contribution in [0.15, 0.2) is 24.3 Å². The van der Waals surface area contributed by atoms with Crippen molar-refractivity contribution in [2.75, 3.05) is 18.0 Å². The highest BCUT2D eigenvalue weighted by atomic mass is 16.1. The van der Waals surface area contributed by atoms with E-state index in [-0.39, 0.29) is 5.78 Å². The number of carbonyl (C=O) groups excluding carboxylic acids is 1. The van der Waals surface area contributed by atoms with Gasteiger partial charge in [0, 0.05) is 23.8 Å². The van der Waals surface area contributed by atoms with Crippen molar-refractivity contribution in [2.45, 2.75) is 38.6 Å². The van der Waals surface area contributed by atoms with Crippen LogP contribution in [-0.2, 0) is 0 Å². The van der Waals surface area contributed by atoms with Gasteiger partial charge in [0.15, 0.2) is 5.78 Å². The Bertz CT molecular complexity index is 397. The molecule has 2 rings (SSSR count). The molecule has 1 saturated heterocycles. The Labute approximate surface area is 109 Å². The van der Waals surface area contributed by atoms with Crippen LogP contribution >= 0.6 is 0 Å². The third-order valence-corrected chi connectivity index (χ3v) is 3.73. The fourth-order valence-corrected chi connectivity index (χ4v) is 2.72. The van der Waals surface area contributed by atoms with Gasteiger partial charge >= 0.3 is 0 Å². The molecule has 1 aliphatic heterocycles. The lowest BCUT2D eigenvalue weighted by Crippen LogP contribution is -2.40. The number of carbonyl (C=O) groups is 1. The number of nitrogens with zero attached hydrogens (tertiary/aromatic N) is 1. The Morgan fingerprint density at radius 2 is 2.06 bits per heavy atom. The zero-order chi connectivity index (χ0) is 13.0. The normalized spacial score (nSPS) is 19.9. The maximum atomic E-state index is 11.3.